The number of aryl methyl sites for hydroxylation is 1. The van der Waals surface area contributed by atoms with Gasteiger partial charge in [-0.2, -0.15) is 0 Å². The summed E-state index contributed by atoms with van der Waals surface area (Å²) in [6, 6.07) is 16.8. The van der Waals surface area contributed by atoms with E-state index >= 15 is 0 Å². The van der Waals surface area contributed by atoms with E-state index in [1.165, 1.54) is 24.8 Å². The number of carbonyl (C=O) groups excluding carboxylic acids is 1. The minimum Gasteiger partial charge on any atom is -0.423 e. The monoisotopic (exact) mass is 268 g/mol. The first kappa shape index (κ1) is 14.3. The van der Waals surface area contributed by atoms with Crippen molar-refractivity contribution in [2.24, 2.45) is 0 Å². The molecule has 0 aliphatic heterocycles. The summed E-state index contributed by atoms with van der Waals surface area (Å²) in [6.45, 7) is 2.20. The Labute approximate surface area is 120 Å². The summed E-state index contributed by atoms with van der Waals surface area (Å²) in [5.41, 5.74) is 1.86. The molecule has 20 heavy (non-hydrogen) atoms. The van der Waals surface area contributed by atoms with Gasteiger partial charge in [-0.1, -0.05) is 50.1 Å². The van der Waals surface area contributed by atoms with Crippen LogP contribution >= 0.6 is 0 Å². The molecule has 2 aromatic carbocycles. The Balaban J connectivity index is 1.92. The van der Waals surface area contributed by atoms with Crippen LogP contribution < -0.4 is 4.74 Å². The lowest BCUT2D eigenvalue weighted by Gasteiger charge is -2.05. The summed E-state index contributed by atoms with van der Waals surface area (Å²) in [5, 5.41) is 0. The molecule has 0 aliphatic carbocycles. The van der Waals surface area contributed by atoms with Crippen LogP contribution in [-0.2, 0) is 6.42 Å². The Morgan fingerprint density at radius 3 is 2.30 bits per heavy atom. The summed E-state index contributed by atoms with van der Waals surface area (Å²) < 4.78 is 5.34. The smallest absolute Gasteiger partial charge is 0.343 e. The third-order valence-electron chi connectivity index (χ3n) is 3.21. The Bertz CT molecular complexity index is 529. The molecule has 2 heteroatoms. The van der Waals surface area contributed by atoms with Crippen molar-refractivity contribution >= 4 is 5.97 Å². The molecule has 0 radical (unpaired) electrons. The molecular weight excluding hydrogens is 248 g/mol. The number of benzene rings is 2. The zero-order chi connectivity index (χ0) is 14.2. The van der Waals surface area contributed by atoms with E-state index in [4.69, 9.17) is 4.74 Å². The van der Waals surface area contributed by atoms with Crippen LogP contribution in [0.4, 0.5) is 0 Å². The summed E-state index contributed by atoms with van der Waals surface area (Å²) in [5.74, 6) is 0.280. The first-order valence-corrected chi connectivity index (χ1v) is 7.16. The lowest BCUT2D eigenvalue weighted by atomic mass is 10.1. The minimum atomic E-state index is -0.315. The zero-order valence-electron chi connectivity index (χ0n) is 11.8. The van der Waals surface area contributed by atoms with E-state index in [1.54, 1.807) is 12.1 Å². The number of hydrogen-bond acceptors (Lipinski definition) is 2. The molecule has 0 atom stereocenters. The fraction of sp³-hybridized carbons (Fsp3) is 0.278. The van der Waals surface area contributed by atoms with Gasteiger partial charge in [0.25, 0.3) is 0 Å². The normalized spacial score (nSPS) is 10.2. The van der Waals surface area contributed by atoms with E-state index in [0.29, 0.717) is 11.3 Å². The summed E-state index contributed by atoms with van der Waals surface area (Å²) in [7, 11) is 0. The lowest BCUT2D eigenvalue weighted by Crippen LogP contribution is -2.08. The number of unbranched alkanes of at least 4 members (excludes halogenated alkanes) is 2. The van der Waals surface area contributed by atoms with Gasteiger partial charge in [-0.3, -0.25) is 0 Å². The molecule has 0 aromatic heterocycles. The predicted molar refractivity (Wildman–Crippen MR) is 81.1 cm³/mol. The highest BCUT2D eigenvalue weighted by molar-refractivity contribution is 5.90. The molecule has 0 heterocycles. The van der Waals surface area contributed by atoms with E-state index < -0.39 is 0 Å². The summed E-state index contributed by atoms with van der Waals surface area (Å²) >= 11 is 0. The van der Waals surface area contributed by atoms with Crippen molar-refractivity contribution in [2.45, 2.75) is 32.6 Å². The fourth-order valence-corrected chi connectivity index (χ4v) is 2.04. The second kappa shape index (κ2) is 7.49. The molecule has 2 nitrogen and oxygen atoms in total. The van der Waals surface area contributed by atoms with Gasteiger partial charge in [0.2, 0.25) is 0 Å². The highest BCUT2D eigenvalue weighted by Crippen LogP contribution is 2.16. The Morgan fingerprint density at radius 2 is 1.65 bits per heavy atom. The van der Waals surface area contributed by atoms with E-state index in [1.807, 2.05) is 42.5 Å². The van der Waals surface area contributed by atoms with Gasteiger partial charge in [-0.15, -0.1) is 0 Å². The molecule has 0 bridgehead atoms. The SMILES string of the molecule is CCCCCc1ccc(OC(=O)c2ccccc2)cc1. The summed E-state index contributed by atoms with van der Waals surface area (Å²) in [6.07, 6.45) is 4.78. The Hall–Kier alpha value is -2.09. The standard InChI is InChI=1S/C18H20O2/c1-2-3-5-8-15-11-13-17(14-12-15)20-18(19)16-9-6-4-7-10-16/h4,6-7,9-14H,2-3,5,8H2,1H3. The first-order valence-electron chi connectivity index (χ1n) is 7.16. The van der Waals surface area contributed by atoms with Crippen molar-refractivity contribution in [2.75, 3.05) is 0 Å². The van der Waals surface area contributed by atoms with Crippen molar-refractivity contribution in [1.29, 1.82) is 0 Å². The number of ether oxygens (including phenoxy) is 1. The molecule has 0 N–H and O–H groups in total. The highest BCUT2D eigenvalue weighted by atomic mass is 16.5. The van der Waals surface area contributed by atoms with Crippen LogP contribution in [0.5, 0.6) is 5.75 Å². The number of esters is 1. The highest BCUT2D eigenvalue weighted by Gasteiger charge is 2.07. The predicted octanol–water partition coefficient (Wildman–Crippen LogP) is 4.64. The van der Waals surface area contributed by atoms with Crippen LogP contribution in [0.25, 0.3) is 0 Å². The van der Waals surface area contributed by atoms with Gasteiger partial charge in [-0.25, -0.2) is 4.79 Å². The Kier molecular flexibility index (Phi) is 5.36. The second-order valence-corrected chi connectivity index (χ2v) is 4.86. The van der Waals surface area contributed by atoms with Gasteiger partial charge < -0.3 is 4.74 Å². The van der Waals surface area contributed by atoms with Crippen LogP contribution in [0.15, 0.2) is 54.6 Å². The fourth-order valence-electron chi connectivity index (χ4n) is 2.04. The average molecular weight is 268 g/mol. The topological polar surface area (TPSA) is 26.3 Å². The van der Waals surface area contributed by atoms with Crippen molar-refractivity contribution in [3.05, 3.63) is 65.7 Å². The molecule has 0 fully saturated rings. The van der Waals surface area contributed by atoms with Gasteiger partial charge in [0.15, 0.2) is 0 Å². The van der Waals surface area contributed by atoms with Crippen LogP contribution in [0.3, 0.4) is 0 Å². The van der Waals surface area contributed by atoms with Gasteiger partial charge in [0.05, 0.1) is 5.56 Å². The molecule has 0 saturated carbocycles. The third kappa shape index (κ3) is 4.23. The average Bonchev–Trinajstić information content (AvgIpc) is 2.50. The molecular formula is C18H20O2. The van der Waals surface area contributed by atoms with Crippen molar-refractivity contribution in [1.82, 2.24) is 0 Å². The van der Waals surface area contributed by atoms with E-state index in [-0.39, 0.29) is 5.97 Å². The van der Waals surface area contributed by atoms with Gasteiger partial charge in [0.1, 0.15) is 5.75 Å². The second-order valence-electron chi connectivity index (χ2n) is 4.86. The maximum Gasteiger partial charge on any atom is 0.343 e. The molecule has 2 aromatic rings. The summed E-state index contributed by atoms with van der Waals surface area (Å²) in [4.78, 5) is 11.9. The molecule has 2 rings (SSSR count). The molecule has 0 aliphatic rings. The van der Waals surface area contributed by atoms with Crippen molar-refractivity contribution < 1.29 is 9.53 Å². The molecule has 0 unspecified atom stereocenters. The van der Waals surface area contributed by atoms with Crippen LogP contribution in [-0.4, -0.2) is 5.97 Å². The van der Waals surface area contributed by atoms with Gasteiger partial charge in [0, 0.05) is 0 Å². The van der Waals surface area contributed by atoms with Gasteiger partial charge >= 0.3 is 5.97 Å². The van der Waals surface area contributed by atoms with E-state index in [9.17, 15) is 4.79 Å². The van der Waals surface area contributed by atoms with Crippen LogP contribution in [0.1, 0.15) is 42.1 Å². The molecule has 0 amide bonds. The minimum absolute atomic E-state index is 0.315. The molecule has 0 saturated heterocycles. The van der Waals surface area contributed by atoms with Crippen LogP contribution in [0.2, 0.25) is 0 Å². The number of hydrogen-bond donors (Lipinski definition) is 0. The molecule has 104 valence electrons. The van der Waals surface area contributed by atoms with Gasteiger partial charge in [-0.05, 0) is 42.7 Å². The maximum atomic E-state index is 11.9. The van der Waals surface area contributed by atoms with Crippen molar-refractivity contribution in [3.63, 3.8) is 0 Å². The van der Waals surface area contributed by atoms with Crippen LogP contribution in [0, 0.1) is 0 Å². The number of carbonyl (C=O) groups is 1. The van der Waals surface area contributed by atoms with Crippen molar-refractivity contribution in [3.8, 4) is 5.75 Å². The first-order chi connectivity index (χ1) is 9.79. The van der Waals surface area contributed by atoms with E-state index in [2.05, 4.69) is 6.92 Å². The Morgan fingerprint density at radius 1 is 0.950 bits per heavy atom. The van der Waals surface area contributed by atoms with E-state index in [0.717, 1.165) is 6.42 Å². The maximum absolute atomic E-state index is 11.9. The molecule has 0 spiro atoms. The largest absolute Gasteiger partial charge is 0.423 e. The number of rotatable bonds is 6. The quantitative estimate of drug-likeness (QED) is 0.433. The third-order valence-corrected chi connectivity index (χ3v) is 3.21. The zero-order valence-corrected chi connectivity index (χ0v) is 11.8. The lowest BCUT2D eigenvalue weighted by molar-refractivity contribution is 0.0734.